The Labute approximate surface area is 213 Å². The molecule has 4 N–H and O–H groups in total. The van der Waals surface area contributed by atoms with E-state index in [4.69, 9.17) is 34.3 Å². The Morgan fingerprint density at radius 1 is 1.00 bits per heavy atom. The molecule has 1 amide bonds. The SMILES string of the molecule is COc1ccc(-c2cnoc2-c2cc(OC)c(OC)c(OC)c2)cc1NC(=O)C(N)CCC(=O)O.Cl. The van der Waals surface area contributed by atoms with Gasteiger partial charge in [0.2, 0.25) is 11.7 Å². The summed E-state index contributed by atoms with van der Waals surface area (Å²) in [6.45, 7) is 0. The van der Waals surface area contributed by atoms with E-state index in [0.717, 1.165) is 0 Å². The largest absolute Gasteiger partial charge is 0.495 e. The molecule has 12 heteroatoms. The third kappa shape index (κ3) is 6.18. The van der Waals surface area contributed by atoms with Crippen LogP contribution in [0.15, 0.2) is 41.1 Å². The number of ether oxygens (including phenoxy) is 4. The van der Waals surface area contributed by atoms with Gasteiger partial charge in [-0.05, 0) is 36.2 Å². The second-order valence-electron chi connectivity index (χ2n) is 7.43. The van der Waals surface area contributed by atoms with Crippen LogP contribution < -0.4 is 30.0 Å². The fourth-order valence-electron chi connectivity index (χ4n) is 3.47. The first-order valence-electron chi connectivity index (χ1n) is 10.5. The fraction of sp³-hybridized carbons (Fsp3) is 0.292. The van der Waals surface area contributed by atoms with Crippen LogP contribution in [-0.4, -0.2) is 56.6 Å². The summed E-state index contributed by atoms with van der Waals surface area (Å²) in [5, 5.41) is 15.5. The van der Waals surface area contributed by atoms with E-state index in [1.807, 2.05) is 0 Å². The van der Waals surface area contributed by atoms with Crippen LogP contribution in [-0.2, 0) is 9.59 Å². The Balaban J connectivity index is 0.00000456. The number of hydrogen-bond acceptors (Lipinski definition) is 9. The maximum absolute atomic E-state index is 12.5. The fourth-order valence-corrected chi connectivity index (χ4v) is 3.47. The quantitative estimate of drug-likeness (QED) is 0.340. The molecule has 0 aliphatic carbocycles. The number of nitrogens with one attached hydrogen (secondary N) is 1. The van der Waals surface area contributed by atoms with Crippen LogP contribution in [0.25, 0.3) is 22.5 Å². The molecule has 0 fully saturated rings. The number of nitrogens with two attached hydrogens (primary N) is 1. The van der Waals surface area contributed by atoms with E-state index < -0.39 is 17.9 Å². The van der Waals surface area contributed by atoms with E-state index in [2.05, 4.69) is 10.5 Å². The summed E-state index contributed by atoms with van der Waals surface area (Å²) in [5.41, 5.74) is 8.13. The minimum absolute atomic E-state index is 0. The summed E-state index contributed by atoms with van der Waals surface area (Å²) in [6.07, 6.45) is 1.33. The molecule has 1 unspecified atom stereocenters. The minimum atomic E-state index is -1.03. The number of halogens is 1. The number of carboxylic acid groups (broad SMARTS) is 1. The summed E-state index contributed by atoms with van der Waals surface area (Å²) in [5.74, 6) is 0.609. The molecule has 11 nitrogen and oxygen atoms in total. The smallest absolute Gasteiger partial charge is 0.303 e. The Hall–Kier alpha value is -3.96. The average molecular weight is 522 g/mol. The van der Waals surface area contributed by atoms with Gasteiger partial charge in [0.15, 0.2) is 17.3 Å². The first-order valence-corrected chi connectivity index (χ1v) is 10.5. The predicted molar refractivity (Wildman–Crippen MR) is 134 cm³/mol. The molecule has 0 aliphatic rings. The summed E-state index contributed by atoms with van der Waals surface area (Å²) in [4.78, 5) is 23.3. The number of amides is 1. The topological polar surface area (TPSA) is 155 Å². The summed E-state index contributed by atoms with van der Waals surface area (Å²) in [7, 11) is 6.01. The van der Waals surface area contributed by atoms with Crippen molar-refractivity contribution in [2.75, 3.05) is 33.8 Å². The number of hydrogen-bond donors (Lipinski definition) is 3. The third-order valence-corrected chi connectivity index (χ3v) is 5.27. The number of carbonyl (C=O) groups is 2. The standard InChI is InChI=1S/C24H27N3O8.ClH/c1-31-18-7-5-13(9-17(18)27-24(30)16(25)6-8-21(28)29)15-12-26-35-22(15)14-10-19(32-2)23(34-4)20(11-14)33-3;/h5,7,9-12,16H,6,8,25H2,1-4H3,(H,27,30)(H,28,29);1H. The molecule has 0 saturated carbocycles. The van der Waals surface area contributed by atoms with Crippen LogP contribution >= 0.6 is 12.4 Å². The van der Waals surface area contributed by atoms with Crippen LogP contribution in [0.4, 0.5) is 5.69 Å². The Kier molecular flexibility index (Phi) is 9.94. The summed E-state index contributed by atoms with van der Waals surface area (Å²) < 4.78 is 27.2. The van der Waals surface area contributed by atoms with Crippen molar-refractivity contribution in [2.45, 2.75) is 18.9 Å². The summed E-state index contributed by atoms with van der Waals surface area (Å²) >= 11 is 0. The minimum Gasteiger partial charge on any atom is -0.495 e. The van der Waals surface area contributed by atoms with Crippen molar-refractivity contribution in [1.82, 2.24) is 5.16 Å². The van der Waals surface area contributed by atoms with Crippen LogP contribution in [0, 0.1) is 0 Å². The van der Waals surface area contributed by atoms with Gasteiger partial charge < -0.3 is 39.6 Å². The third-order valence-electron chi connectivity index (χ3n) is 5.27. The molecule has 0 radical (unpaired) electrons. The van der Waals surface area contributed by atoms with Crippen molar-refractivity contribution in [2.24, 2.45) is 5.73 Å². The van der Waals surface area contributed by atoms with Crippen LogP contribution in [0.5, 0.6) is 23.0 Å². The van der Waals surface area contributed by atoms with Crippen LogP contribution in [0.3, 0.4) is 0 Å². The molecule has 2 aromatic carbocycles. The number of anilines is 1. The lowest BCUT2D eigenvalue weighted by molar-refractivity contribution is -0.137. The number of rotatable bonds is 11. The molecule has 0 saturated heterocycles. The van der Waals surface area contributed by atoms with Gasteiger partial charge in [0.25, 0.3) is 0 Å². The highest BCUT2D eigenvalue weighted by Crippen LogP contribution is 2.44. The maximum Gasteiger partial charge on any atom is 0.303 e. The molecule has 0 spiro atoms. The van der Waals surface area contributed by atoms with Gasteiger partial charge in [0.1, 0.15) is 5.75 Å². The number of methoxy groups -OCH3 is 4. The number of aliphatic carboxylic acids is 1. The highest BCUT2D eigenvalue weighted by Gasteiger charge is 2.21. The highest BCUT2D eigenvalue weighted by molar-refractivity contribution is 5.97. The lowest BCUT2D eigenvalue weighted by atomic mass is 10.0. The Bertz CT molecular complexity index is 1190. The molecule has 3 aromatic rings. The molecular weight excluding hydrogens is 494 g/mol. The average Bonchev–Trinajstić information content (AvgIpc) is 3.36. The highest BCUT2D eigenvalue weighted by atomic mass is 35.5. The van der Waals surface area contributed by atoms with E-state index in [1.54, 1.807) is 36.5 Å². The van der Waals surface area contributed by atoms with Gasteiger partial charge in [-0.2, -0.15) is 0 Å². The number of benzene rings is 2. The molecule has 0 bridgehead atoms. The van der Waals surface area contributed by atoms with Crippen molar-refractivity contribution in [3.8, 4) is 45.4 Å². The van der Waals surface area contributed by atoms with E-state index in [-0.39, 0.29) is 25.2 Å². The van der Waals surface area contributed by atoms with Gasteiger partial charge >= 0.3 is 5.97 Å². The second kappa shape index (κ2) is 12.7. The van der Waals surface area contributed by atoms with Crippen LogP contribution in [0.1, 0.15) is 12.8 Å². The maximum atomic E-state index is 12.5. The van der Waals surface area contributed by atoms with Crippen molar-refractivity contribution in [1.29, 1.82) is 0 Å². The zero-order valence-corrected chi connectivity index (χ0v) is 21.0. The van der Waals surface area contributed by atoms with E-state index in [9.17, 15) is 9.59 Å². The lowest BCUT2D eigenvalue weighted by Gasteiger charge is -2.15. The molecule has 1 atom stereocenters. The molecule has 36 heavy (non-hydrogen) atoms. The van der Waals surface area contributed by atoms with Crippen molar-refractivity contribution in [3.63, 3.8) is 0 Å². The zero-order chi connectivity index (χ0) is 25.5. The number of carbonyl (C=O) groups excluding carboxylic acids is 1. The van der Waals surface area contributed by atoms with E-state index in [0.29, 0.717) is 51.1 Å². The molecule has 1 heterocycles. The van der Waals surface area contributed by atoms with Crippen LogP contribution in [0.2, 0.25) is 0 Å². The van der Waals surface area contributed by atoms with E-state index in [1.165, 1.54) is 28.4 Å². The van der Waals surface area contributed by atoms with E-state index >= 15 is 0 Å². The molecule has 1 aromatic heterocycles. The Morgan fingerprint density at radius 3 is 2.19 bits per heavy atom. The van der Waals surface area contributed by atoms with Gasteiger partial charge in [0, 0.05) is 17.5 Å². The second-order valence-corrected chi connectivity index (χ2v) is 7.43. The number of aromatic nitrogens is 1. The summed E-state index contributed by atoms with van der Waals surface area (Å²) in [6, 6.07) is 7.63. The van der Waals surface area contributed by atoms with Gasteiger partial charge in [-0.3, -0.25) is 9.59 Å². The molecule has 194 valence electrons. The van der Waals surface area contributed by atoms with Gasteiger partial charge in [-0.25, -0.2) is 0 Å². The first kappa shape index (κ1) is 28.3. The van der Waals surface area contributed by atoms with Crippen molar-refractivity contribution in [3.05, 3.63) is 36.5 Å². The van der Waals surface area contributed by atoms with Crippen molar-refractivity contribution < 1.29 is 38.2 Å². The monoisotopic (exact) mass is 521 g/mol. The number of carboxylic acids is 1. The zero-order valence-electron chi connectivity index (χ0n) is 20.2. The molecule has 0 aliphatic heterocycles. The predicted octanol–water partition coefficient (Wildman–Crippen LogP) is 3.60. The lowest BCUT2D eigenvalue weighted by Crippen LogP contribution is -2.36. The van der Waals surface area contributed by atoms with Crippen molar-refractivity contribution >= 4 is 30.0 Å². The molecular formula is C24H28ClN3O8. The van der Waals surface area contributed by atoms with Gasteiger partial charge in [0.05, 0.1) is 46.4 Å². The molecule has 3 rings (SSSR count). The van der Waals surface area contributed by atoms with Gasteiger partial charge in [-0.15, -0.1) is 12.4 Å². The number of nitrogens with zero attached hydrogens (tertiary/aromatic N) is 1. The first-order chi connectivity index (χ1) is 16.8. The Morgan fingerprint density at radius 2 is 1.64 bits per heavy atom. The normalized spacial score (nSPS) is 11.1. The van der Waals surface area contributed by atoms with Gasteiger partial charge in [-0.1, -0.05) is 11.2 Å².